The number of fused-ring (bicyclic) bond motifs is 3. The lowest BCUT2D eigenvalue weighted by Gasteiger charge is -2.22. The maximum atomic E-state index is 14.2. The Balaban J connectivity index is 1.32. The van der Waals surface area contributed by atoms with E-state index in [-0.39, 0.29) is 5.82 Å². The number of nitrogens with zero attached hydrogens (tertiary/aromatic N) is 3. The summed E-state index contributed by atoms with van der Waals surface area (Å²) < 4.78 is 33.6. The van der Waals surface area contributed by atoms with Crippen LogP contribution in [0.4, 0.5) is 10.1 Å². The first kappa shape index (κ1) is 28.0. The SMILES string of the molecule is CCOc1cc([C@H]2Nc3ccccc3-c3nnc(SCc4ccccc4F)nc3O2)cc(Br)c1OCc1ccccc1. The minimum Gasteiger partial charge on any atom is -0.490 e. The Labute approximate surface area is 255 Å². The van der Waals surface area contributed by atoms with Gasteiger partial charge in [-0.2, -0.15) is 4.98 Å². The predicted octanol–water partition coefficient (Wildman–Crippen LogP) is 8.21. The monoisotopic (exact) mass is 644 g/mol. The van der Waals surface area contributed by atoms with Gasteiger partial charge in [-0.3, -0.25) is 0 Å². The molecule has 0 aliphatic carbocycles. The Kier molecular flexibility index (Phi) is 8.52. The van der Waals surface area contributed by atoms with Crippen LogP contribution < -0.4 is 19.5 Å². The van der Waals surface area contributed by atoms with Gasteiger partial charge in [0.25, 0.3) is 0 Å². The summed E-state index contributed by atoms with van der Waals surface area (Å²) in [4.78, 5) is 4.69. The molecule has 6 rings (SSSR count). The van der Waals surface area contributed by atoms with Crippen LogP contribution in [0.15, 0.2) is 101 Å². The molecule has 10 heteroatoms. The summed E-state index contributed by atoms with van der Waals surface area (Å²) >= 11 is 4.98. The molecule has 0 amide bonds. The van der Waals surface area contributed by atoms with Crippen LogP contribution in [-0.4, -0.2) is 21.8 Å². The van der Waals surface area contributed by atoms with Crippen LogP contribution in [0, 0.1) is 5.82 Å². The zero-order valence-corrected chi connectivity index (χ0v) is 25.0. The third-order valence-corrected chi connectivity index (χ3v) is 7.98. The molecule has 7 nitrogen and oxygen atoms in total. The summed E-state index contributed by atoms with van der Waals surface area (Å²) in [5.74, 6) is 1.61. The summed E-state index contributed by atoms with van der Waals surface area (Å²) in [5, 5.41) is 12.6. The third-order valence-electron chi connectivity index (χ3n) is 6.51. The molecular formula is C32H26BrFN4O3S. The van der Waals surface area contributed by atoms with Gasteiger partial charge >= 0.3 is 0 Å². The number of rotatable bonds is 9. The fourth-order valence-electron chi connectivity index (χ4n) is 4.49. The second kappa shape index (κ2) is 12.8. The lowest BCUT2D eigenvalue weighted by Crippen LogP contribution is -2.17. The molecule has 1 N–H and O–H groups in total. The number of hydrogen-bond acceptors (Lipinski definition) is 8. The molecule has 212 valence electrons. The van der Waals surface area contributed by atoms with Crippen LogP contribution in [-0.2, 0) is 12.4 Å². The number of para-hydroxylation sites is 1. The second-order valence-electron chi connectivity index (χ2n) is 9.35. The van der Waals surface area contributed by atoms with Crippen LogP contribution in [0.2, 0.25) is 0 Å². The summed E-state index contributed by atoms with van der Waals surface area (Å²) in [6, 6.07) is 28.2. The van der Waals surface area contributed by atoms with Gasteiger partial charge < -0.3 is 19.5 Å². The van der Waals surface area contributed by atoms with E-state index in [1.165, 1.54) is 17.8 Å². The van der Waals surface area contributed by atoms with Crippen molar-refractivity contribution in [2.45, 2.75) is 30.7 Å². The van der Waals surface area contributed by atoms with E-state index in [2.05, 4.69) is 31.4 Å². The largest absolute Gasteiger partial charge is 0.490 e. The van der Waals surface area contributed by atoms with Crippen LogP contribution in [0.25, 0.3) is 11.3 Å². The van der Waals surface area contributed by atoms with Gasteiger partial charge in [0, 0.05) is 22.6 Å². The zero-order valence-electron chi connectivity index (χ0n) is 22.6. The van der Waals surface area contributed by atoms with Crippen molar-refractivity contribution in [1.29, 1.82) is 0 Å². The van der Waals surface area contributed by atoms with Crippen LogP contribution >= 0.6 is 27.7 Å². The van der Waals surface area contributed by atoms with Gasteiger partial charge in [-0.05, 0) is 58.2 Å². The lowest BCUT2D eigenvalue weighted by atomic mass is 10.1. The molecule has 1 aliphatic rings. The van der Waals surface area contributed by atoms with Gasteiger partial charge in [0.1, 0.15) is 12.4 Å². The van der Waals surface area contributed by atoms with E-state index < -0.39 is 6.23 Å². The summed E-state index contributed by atoms with van der Waals surface area (Å²) in [7, 11) is 0. The first-order valence-corrected chi connectivity index (χ1v) is 15.1. The quantitative estimate of drug-likeness (QED) is 0.161. The van der Waals surface area contributed by atoms with E-state index in [0.717, 1.165) is 26.9 Å². The average Bonchev–Trinajstić information content (AvgIpc) is 3.17. The van der Waals surface area contributed by atoms with Gasteiger partial charge in [0.05, 0.1) is 11.1 Å². The highest BCUT2D eigenvalue weighted by Crippen LogP contribution is 2.43. The number of anilines is 1. The van der Waals surface area contributed by atoms with Crippen molar-refractivity contribution in [1.82, 2.24) is 15.2 Å². The third kappa shape index (κ3) is 6.19. The molecule has 0 unspecified atom stereocenters. The van der Waals surface area contributed by atoms with Crippen LogP contribution in [0.1, 0.15) is 29.8 Å². The fraction of sp³-hybridized carbons (Fsp3) is 0.156. The van der Waals surface area contributed by atoms with Crippen molar-refractivity contribution in [3.8, 4) is 28.6 Å². The van der Waals surface area contributed by atoms with Crippen LogP contribution in [0.3, 0.4) is 0 Å². The molecule has 1 aromatic heterocycles. The summed E-state index contributed by atoms with van der Waals surface area (Å²) in [6.45, 7) is 2.78. The second-order valence-corrected chi connectivity index (χ2v) is 11.2. The first-order valence-electron chi connectivity index (χ1n) is 13.4. The van der Waals surface area contributed by atoms with Crippen molar-refractivity contribution in [3.63, 3.8) is 0 Å². The molecule has 0 saturated carbocycles. The number of benzene rings is 4. The number of halogens is 2. The molecular weight excluding hydrogens is 619 g/mol. The van der Waals surface area contributed by atoms with Gasteiger partial charge in [-0.25, -0.2) is 4.39 Å². The Hall–Kier alpha value is -4.15. The molecule has 0 spiro atoms. The average molecular weight is 646 g/mol. The zero-order chi connectivity index (χ0) is 28.9. The van der Waals surface area contributed by atoms with E-state index in [1.54, 1.807) is 18.2 Å². The minimum atomic E-state index is -0.632. The molecule has 0 radical (unpaired) electrons. The van der Waals surface area contributed by atoms with Crippen molar-refractivity contribution >= 4 is 33.4 Å². The van der Waals surface area contributed by atoms with Crippen molar-refractivity contribution < 1.29 is 18.6 Å². The summed E-state index contributed by atoms with van der Waals surface area (Å²) in [6.07, 6.45) is -0.632. The fourth-order valence-corrected chi connectivity index (χ4v) is 5.83. The molecule has 1 aliphatic heterocycles. The molecule has 2 heterocycles. The van der Waals surface area contributed by atoms with Crippen molar-refractivity contribution in [3.05, 3.63) is 118 Å². The molecule has 4 aromatic carbocycles. The van der Waals surface area contributed by atoms with E-state index in [1.807, 2.05) is 73.7 Å². The molecule has 0 fully saturated rings. The highest BCUT2D eigenvalue weighted by molar-refractivity contribution is 9.10. The maximum absolute atomic E-state index is 14.2. The first-order chi connectivity index (χ1) is 20.6. The van der Waals surface area contributed by atoms with Gasteiger partial charge in [0.2, 0.25) is 11.0 Å². The Morgan fingerprint density at radius 2 is 1.74 bits per heavy atom. The van der Waals surface area contributed by atoms with Gasteiger partial charge in [-0.15, -0.1) is 10.2 Å². The summed E-state index contributed by atoms with van der Waals surface area (Å²) in [5.41, 5.74) is 4.56. The van der Waals surface area contributed by atoms with E-state index in [0.29, 0.717) is 52.8 Å². The standard InChI is InChI=1S/C32H26BrFN4O3S/c1-2-39-27-17-22(16-24(33)29(27)40-18-20-10-4-3-5-11-20)30-35-26-15-9-7-13-23(26)28-31(41-30)36-32(38-37-28)42-19-21-12-6-8-14-25(21)34/h3-17,30,35H,2,18-19H2,1H3/t30-/m0/s1. The molecule has 5 aromatic rings. The molecule has 0 saturated heterocycles. The number of aromatic nitrogens is 3. The Morgan fingerprint density at radius 1 is 0.952 bits per heavy atom. The highest BCUT2D eigenvalue weighted by Gasteiger charge is 2.28. The van der Waals surface area contributed by atoms with Crippen molar-refractivity contribution in [2.75, 3.05) is 11.9 Å². The van der Waals surface area contributed by atoms with Crippen molar-refractivity contribution in [2.24, 2.45) is 0 Å². The van der Waals surface area contributed by atoms with Gasteiger partial charge in [0.15, 0.2) is 23.4 Å². The lowest BCUT2D eigenvalue weighted by molar-refractivity contribution is 0.223. The molecule has 0 bridgehead atoms. The highest BCUT2D eigenvalue weighted by atomic mass is 79.9. The molecule has 1 atom stereocenters. The molecule has 42 heavy (non-hydrogen) atoms. The van der Waals surface area contributed by atoms with Gasteiger partial charge in [-0.1, -0.05) is 78.5 Å². The van der Waals surface area contributed by atoms with Crippen LogP contribution in [0.5, 0.6) is 17.4 Å². The number of ether oxygens (including phenoxy) is 3. The number of nitrogens with one attached hydrogen (secondary N) is 1. The van der Waals surface area contributed by atoms with E-state index >= 15 is 0 Å². The minimum absolute atomic E-state index is 0.269. The predicted molar refractivity (Wildman–Crippen MR) is 164 cm³/mol. The normalized spacial score (nSPS) is 13.6. The smallest absolute Gasteiger partial charge is 0.247 e. The topological polar surface area (TPSA) is 78.4 Å². The maximum Gasteiger partial charge on any atom is 0.247 e. The Morgan fingerprint density at radius 3 is 2.57 bits per heavy atom. The van der Waals surface area contributed by atoms with E-state index in [9.17, 15) is 4.39 Å². The Bertz CT molecular complexity index is 1710. The number of thioether (sulfide) groups is 1. The van der Waals surface area contributed by atoms with E-state index in [4.69, 9.17) is 19.2 Å². The number of hydrogen-bond donors (Lipinski definition) is 1.